The van der Waals surface area contributed by atoms with E-state index in [-0.39, 0.29) is 0 Å². The van der Waals surface area contributed by atoms with Gasteiger partial charge < -0.3 is 5.73 Å². The van der Waals surface area contributed by atoms with Crippen LogP contribution in [0.15, 0.2) is 0 Å². The molecule has 0 aliphatic heterocycles. The zero-order valence-electron chi connectivity index (χ0n) is 6.75. The van der Waals surface area contributed by atoms with Crippen LogP contribution in [0, 0.1) is 17.8 Å². The van der Waals surface area contributed by atoms with E-state index in [1.165, 1.54) is 6.42 Å². The first-order valence-corrected chi connectivity index (χ1v) is 4.55. The van der Waals surface area contributed by atoms with Crippen molar-refractivity contribution in [3.63, 3.8) is 0 Å². The molecule has 0 aromatic rings. The van der Waals surface area contributed by atoms with E-state index in [4.69, 9.17) is 5.73 Å². The molecule has 2 fully saturated rings. The first-order chi connectivity index (χ1) is 5.33. The minimum absolute atomic E-state index is 0.406. The van der Waals surface area contributed by atoms with Crippen LogP contribution in [-0.2, 0) is 4.79 Å². The van der Waals surface area contributed by atoms with Crippen LogP contribution in [0.3, 0.4) is 0 Å². The Labute approximate surface area is 67.1 Å². The molecule has 2 aliphatic carbocycles. The number of ketones is 1. The molecule has 3 atom stereocenters. The van der Waals surface area contributed by atoms with Crippen molar-refractivity contribution in [2.24, 2.45) is 23.5 Å². The molecule has 0 aromatic heterocycles. The van der Waals surface area contributed by atoms with Gasteiger partial charge in [-0.3, -0.25) is 4.79 Å². The minimum Gasteiger partial charge on any atom is -0.330 e. The monoisotopic (exact) mass is 153 g/mol. The molecule has 2 rings (SSSR count). The van der Waals surface area contributed by atoms with Gasteiger partial charge in [0.2, 0.25) is 0 Å². The highest BCUT2D eigenvalue weighted by Gasteiger charge is 2.52. The van der Waals surface area contributed by atoms with E-state index in [1.54, 1.807) is 0 Å². The lowest BCUT2D eigenvalue weighted by atomic mass is 9.97. The maximum atomic E-state index is 11.3. The second kappa shape index (κ2) is 2.59. The van der Waals surface area contributed by atoms with E-state index in [0.29, 0.717) is 11.7 Å². The number of carbonyl (C=O) groups excluding carboxylic acids is 1. The Balaban J connectivity index is 1.86. The van der Waals surface area contributed by atoms with Crippen LogP contribution in [0.25, 0.3) is 0 Å². The molecule has 2 nitrogen and oxygen atoms in total. The summed E-state index contributed by atoms with van der Waals surface area (Å²) in [6.07, 6.45) is 4.27. The molecule has 0 spiro atoms. The van der Waals surface area contributed by atoms with Gasteiger partial charge >= 0.3 is 0 Å². The van der Waals surface area contributed by atoms with Gasteiger partial charge in [0.25, 0.3) is 0 Å². The molecule has 62 valence electrons. The summed E-state index contributed by atoms with van der Waals surface area (Å²) in [5.74, 6) is 2.47. The van der Waals surface area contributed by atoms with Crippen LogP contribution < -0.4 is 5.73 Å². The predicted molar refractivity (Wildman–Crippen MR) is 43.0 cm³/mol. The van der Waals surface area contributed by atoms with Gasteiger partial charge in [0.1, 0.15) is 5.78 Å². The second-order valence-corrected chi connectivity index (χ2v) is 3.87. The maximum Gasteiger partial charge on any atom is 0.136 e. The molecule has 0 radical (unpaired) electrons. The second-order valence-electron chi connectivity index (χ2n) is 3.87. The lowest BCUT2D eigenvalue weighted by Crippen LogP contribution is -2.13. The fourth-order valence-corrected chi connectivity index (χ4v) is 2.36. The molecule has 2 saturated carbocycles. The van der Waals surface area contributed by atoms with Gasteiger partial charge in [-0.05, 0) is 37.6 Å². The molecule has 0 heterocycles. The zero-order chi connectivity index (χ0) is 7.84. The number of Topliss-reactive ketones (excluding diaryl/α,β-unsaturated/α-hetero) is 1. The number of nitrogens with two attached hydrogens (primary N) is 1. The van der Waals surface area contributed by atoms with Crippen LogP contribution in [0.5, 0.6) is 0 Å². The van der Waals surface area contributed by atoms with Crippen molar-refractivity contribution in [3.05, 3.63) is 0 Å². The zero-order valence-corrected chi connectivity index (χ0v) is 6.75. The Hall–Kier alpha value is -0.370. The highest BCUT2D eigenvalue weighted by Crippen LogP contribution is 2.54. The van der Waals surface area contributed by atoms with Crippen LogP contribution in [0.1, 0.15) is 25.7 Å². The highest BCUT2D eigenvalue weighted by molar-refractivity contribution is 5.85. The van der Waals surface area contributed by atoms with Crippen molar-refractivity contribution in [2.75, 3.05) is 6.54 Å². The van der Waals surface area contributed by atoms with Gasteiger partial charge in [-0.25, -0.2) is 0 Å². The fourth-order valence-electron chi connectivity index (χ4n) is 2.36. The molecule has 3 unspecified atom stereocenters. The van der Waals surface area contributed by atoms with Crippen molar-refractivity contribution in [1.82, 2.24) is 0 Å². The summed E-state index contributed by atoms with van der Waals surface area (Å²) in [6.45, 7) is 0.737. The first kappa shape index (κ1) is 7.29. The first-order valence-electron chi connectivity index (χ1n) is 4.55. The topological polar surface area (TPSA) is 43.1 Å². The van der Waals surface area contributed by atoms with Gasteiger partial charge in [0.05, 0.1) is 0 Å². The van der Waals surface area contributed by atoms with Crippen LogP contribution in [0.4, 0.5) is 0 Å². The van der Waals surface area contributed by atoms with E-state index < -0.39 is 0 Å². The van der Waals surface area contributed by atoms with Crippen molar-refractivity contribution in [3.8, 4) is 0 Å². The van der Waals surface area contributed by atoms with Gasteiger partial charge in [-0.15, -0.1) is 0 Å². The summed E-state index contributed by atoms with van der Waals surface area (Å²) in [4.78, 5) is 11.3. The lowest BCUT2D eigenvalue weighted by molar-refractivity contribution is -0.121. The van der Waals surface area contributed by atoms with E-state index in [0.717, 1.165) is 37.6 Å². The molecule has 2 aliphatic rings. The summed E-state index contributed by atoms with van der Waals surface area (Å²) in [5.41, 5.74) is 5.40. The van der Waals surface area contributed by atoms with E-state index in [9.17, 15) is 4.79 Å². The van der Waals surface area contributed by atoms with Gasteiger partial charge in [0, 0.05) is 12.3 Å². The largest absolute Gasteiger partial charge is 0.330 e. The lowest BCUT2D eigenvalue weighted by Gasteiger charge is -2.08. The molecule has 0 aromatic carbocycles. The average Bonchev–Trinajstić information content (AvgIpc) is 2.64. The standard InChI is InChI=1S/C9H15NO/c10-3-1-2-7-8-4-6(8)5-9(7)11/h6-8H,1-5,10H2. The van der Waals surface area contributed by atoms with E-state index in [1.807, 2.05) is 0 Å². The van der Waals surface area contributed by atoms with Crippen LogP contribution >= 0.6 is 0 Å². The van der Waals surface area contributed by atoms with Crippen LogP contribution in [0.2, 0.25) is 0 Å². The number of rotatable bonds is 3. The number of hydrogen-bond acceptors (Lipinski definition) is 2. The van der Waals surface area contributed by atoms with Gasteiger partial charge in [0.15, 0.2) is 0 Å². The molecule has 0 bridgehead atoms. The Bertz CT molecular complexity index is 178. The summed E-state index contributed by atoms with van der Waals surface area (Å²) >= 11 is 0. The third kappa shape index (κ3) is 1.20. The molecular weight excluding hydrogens is 138 g/mol. The minimum atomic E-state index is 0.406. The Morgan fingerprint density at radius 1 is 1.55 bits per heavy atom. The normalized spacial score (nSPS) is 40.8. The highest BCUT2D eigenvalue weighted by atomic mass is 16.1. The Morgan fingerprint density at radius 2 is 2.36 bits per heavy atom. The van der Waals surface area contributed by atoms with Crippen molar-refractivity contribution in [1.29, 1.82) is 0 Å². The summed E-state index contributed by atoms with van der Waals surface area (Å²) in [5, 5.41) is 0. The quantitative estimate of drug-likeness (QED) is 0.656. The van der Waals surface area contributed by atoms with E-state index in [2.05, 4.69) is 0 Å². The Kier molecular flexibility index (Phi) is 1.72. The van der Waals surface area contributed by atoms with Crippen LogP contribution in [-0.4, -0.2) is 12.3 Å². The SMILES string of the molecule is NCCCC1C(=O)CC2CC21. The molecule has 2 N–H and O–H groups in total. The van der Waals surface area contributed by atoms with Crippen molar-refractivity contribution >= 4 is 5.78 Å². The summed E-state index contributed by atoms with van der Waals surface area (Å²) < 4.78 is 0. The third-order valence-electron chi connectivity index (χ3n) is 3.09. The van der Waals surface area contributed by atoms with E-state index >= 15 is 0 Å². The number of fused-ring (bicyclic) bond motifs is 1. The van der Waals surface area contributed by atoms with Crippen molar-refractivity contribution < 1.29 is 4.79 Å². The molecule has 2 heteroatoms. The fraction of sp³-hybridized carbons (Fsp3) is 0.889. The average molecular weight is 153 g/mol. The Morgan fingerprint density at radius 3 is 2.91 bits per heavy atom. The van der Waals surface area contributed by atoms with Gasteiger partial charge in [-0.2, -0.15) is 0 Å². The third-order valence-corrected chi connectivity index (χ3v) is 3.09. The summed E-state index contributed by atoms with van der Waals surface area (Å²) in [6, 6.07) is 0. The van der Waals surface area contributed by atoms with Gasteiger partial charge in [-0.1, -0.05) is 0 Å². The molecule has 0 amide bonds. The smallest absolute Gasteiger partial charge is 0.136 e. The molecular formula is C9H15NO. The van der Waals surface area contributed by atoms with Crippen molar-refractivity contribution in [2.45, 2.75) is 25.7 Å². The predicted octanol–water partition coefficient (Wildman–Crippen LogP) is 0.950. The number of hydrogen-bond donors (Lipinski definition) is 1. The molecule has 11 heavy (non-hydrogen) atoms. The summed E-state index contributed by atoms with van der Waals surface area (Å²) in [7, 11) is 0. The maximum absolute atomic E-state index is 11.3. The number of carbonyl (C=O) groups is 1. The molecule has 0 saturated heterocycles.